The summed E-state index contributed by atoms with van der Waals surface area (Å²) in [6.45, 7) is 0. The van der Waals surface area contributed by atoms with E-state index >= 15 is 0 Å². The predicted molar refractivity (Wildman–Crippen MR) is 225 cm³/mol. The molecule has 0 heteroatoms. The molecule has 0 unspecified atom stereocenters. The van der Waals surface area contributed by atoms with Gasteiger partial charge in [-0.2, -0.15) is 0 Å². The van der Waals surface area contributed by atoms with Gasteiger partial charge in [0.1, 0.15) is 0 Å². The van der Waals surface area contributed by atoms with Gasteiger partial charge in [-0.15, -0.1) is 0 Å². The maximum absolute atomic E-state index is 2.43. The molecule has 0 heterocycles. The summed E-state index contributed by atoms with van der Waals surface area (Å²) in [4.78, 5) is 0. The quantitative estimate of drug-likeness (QED) is 0.131. The van der Waals surface area contributed by atoms with Crippen LogP contribution in [-0.2, 0) is 0 Å². The molecule has 0 nitrogen and oxygen atoms in total. The van der Waals surface area contributed by atoms with Crippen molar-refractivity contribution in [3.8, 4) is 33.4 Å². The molecule has 0 spiro atoms. The highest BCUT2D eigenvalue weighted by Crippen LogP contribution is 2.49. The lowest BCUT2D eigenvalue weighted by Crippen LogP contribution is -1.94. The van der Waals surface area contributed by atoms with Gasteiger partial charge in [-0.25, -0.2) is 0 Å². The van der Waals surface area contributed by atoms with Crippen LogP contribution in [0.2, 0.25) is 0 Å². The largest absolute Gasteiger partial charge is 0.0616 e. The highest BCUT2D eigenvalue weighted by Gasteiger charge is 2.22. The Bertz CT molecular complexity index is 3180. The predicted octanol–water partition coefficient (Wildman–Crippen LogP) is 14.8. The van der Waals surface area contributed by atoms with Crippen LogP contribution in [0.15, 0.2) is 194 Å². The Balaban J connectivity index is 1.32. The fourth-order valence-electron chi connectivity index (χ4n) is 8.95. The van der Waals surface area contributed by atoms with Gasteiger partial charge in [0.25, 0.3) is 0 Å². The fraction of sp³-hybridized carbons (Fsp3) is 0. The molecule has 0 radical (unpaired) electrons. The second kappa shape index (κ2) is 11.4. The van der Waals surface area contributed by atoms with Crippen molar-refractivity contribution in [2.45, 2.75) is 0 Å². The number of hydrogen-bond donors (Lipinski definition) is 0. The summed E-state index contributed by atoms with van der Waals surface area (Å²) in [6, 6.07) is 72.0. The van der Waals surface area contributed by atoms with Gasteiger partial charge in [0, 0.05) is 0 Å². The van der Waals surface area contributed by atoms with Crippen LogP contribution >= 0.6 is 0 Å². The molecular weight excluding hydrogens is 625 g/mol. The van der Waals surface area contributed by atoms with Crippen LogP contribution in [0.5, 0.6) is 0 Å². The van der Waals surface area contributed by atoms with E-state index in [-0.39, 0.29) is 0 Å². The van der Waals surface area contributed by atoms with E-state index in [1.807, 2.05) is 0 Å². The monoisotopic (exact) mass is 656 g/mol. The lowest BCUT2D eigenvalue weighted by molar-refractivity contribution is 1.68. The first-order valence-corrected chi connectivity index (χ1v) is 18.1. The Morgan fingerprint density at radius 1 is 0.212 bits per heavy atom. The van der Waals surface area contributed by atoms with E-state index in [0.717, 1.165) is 0 Å². The number of benzene rings is 11. The number of rotatable bonds is 3. The van der Waals surface area contributed by atoms with E-state index in [9.17, 15) is 0 Å². The van der Waals surface area contributed by atoms with Crippen molar-refractivity contribution in [2.24, 2.45) is 0 Å². The first-order valence-electron chi connectivity index (χ1n) is 18.1. The molecule has 0 N–H and O–H groups in total. The van der Waals surface area contributed by atoms with Gasteiger partial charge < -0.3 is 0 Å². The normalized spacial score (nSPS) is 11.8. The van der Waals surface area contributed by atoms with Gasteiger partial charge in [0.15, 0.2) is 0 Å². The molecule has 0 aliphatic heterocycles. The van der Waals surface area contributed by atoms with E-state index < -0.39 is 0 Å². The molecule has 0 saturated carbocycles. The highest BCUT2D eigenvalue weighted by molar-refractivity contribution is 6.28. The van der Waals surface area contributed by atoms with Gasteiger partial charge in [-0.05, 0) is 127 Å². The third-order valence-corrected chi connectivity index (χ3v) is 11.2. The van der Waals surface area contributed by atoms with Gasteiger partial charge in [0.2, 0.25) is 0 Å². The van der Waals surface area contributed by atoms with Crippen LogP contribution in [0.3, 0.4) is 0 Å². The first-order chi connectivity index (χ1) is 25.8. The van der Waals surface area contributed by atoms with Crippen LogP contribution in [0, 0.1) is 0 Å². The van der Waals surface area contributed by atoms with E-state index in [1.54, 1.807) is 0 Å². The van der Waals surface area contributed by atoms with Crippen molar-refractivity contribution >= 4 is 75.4 Å². The van der Waals surface area contributed by atoms with Gasteiger partial charge in [0.05, 0.1) is 0 Å². The van der Waals surface area contributed by atoms with Crippen molar-refractivity contribution in [3.05, 3.63) is 194 Å². The summed E-state index contributed by atoms with van der Waals surface area (Å²) in [6.07, 6.45) is 0. The van der Waals surface area contributed by atoms with Gasteiger partial charge in [-0.3, -0.25) is 0 Å². The van der Waals surface area contributed by atoms with Crippen molar-refractivity contribution in [2.75, 3.05) is 0 Å². The van der Waals surface area contributed by atoms with Crippen LogP contribution in [-0.4, -0.2) is 0 Å². The van der Waals surface area contributed by atoms with Crippen molar-refractivity contribution in [3.63, 3.8) is 0 Å². The van der Waals surface area contributed by atoms with Gasteiger partial charge >= 0.3 is 0 Å². The van der Waals surface area contributed by atoms with Crippen molar-refractivity contribution in [1.82, 2.24) is 0 Å². The summed E-state index contributed by atoms with van der Waals surface area (Å²) in [7, 11) is 0. The maximum atomic E-state index is 2.43. The van der Waals surface area contributed by atoms with E-state index in [0.29, 0.717) is 0 Å². The SMILES string of the molecule is c1ccc2cc(-c3c4ccccc4c(-c4cccc5cc6ccccc6c(-c6cc7ccccc7c7ccccc67)c45)c4ccccc34)ccc2c1. The summed E-state index contributed by atoms with van der Waals surface area (Å²) >= 11 is 0. The summed E-state index contributed by atoms with van der Waals surface area (Å²) in [5.41, 5.74) is 7.62. The topological polar surface area (TPSA) is 0 Å². The lowest BCUT2D eigenvalue weighted by Gasteiger charge is -2.22. The second-order valence-electron chi connectivity index (χ2n) is 14.0. The zero-order valence-electron chi connectivity index (χ0n) is 28.5. The Labute approximate surface area is 301 Å². The molecule has 240 valence electrons. The van der Waals surface area contributed by atoms with Crippen LogP contribution in [0.25, 0.3) is 109 Å². The smallest absolute Gasteiger partial charge is 0.00141 e. The van der Waals surface area contributed by atoms with Crippen molar-refractivity contribution < 1.29 is 0 Å². The minimum absolute atomic E-state index is 1.24. The molecule has 0 amide bonds. The third kappa shape index (κ3) is 4.28. The van der Waals surface area contributed by atoms with E-state index in [2.05, 4.69) is 194 Å². The average molecular weight is 657 g/mol. The molecular formula is C52H32. The number of hydrogen-bond acceptors (Lipinski definition) is 0. The minimum Gasteiger partial charge on any atom is -0.0616 e. The van der Waals surface area contributed by atoms with Crippen LogP contribution in [0.1, 0.15) is 0 Å². The second-order valence-corrected chi connectivity index (χ2v) is 14.0. The molecule has 11 aromatic rings. The molecule has 11 aromatic carbocycles. The summed E-state index contributed by atoms with van der Waals surface area (Å²) < 4.78 is 0. The van der Waals surface area contributed by atoms with Crippen molar-refractivity contribution in [1.29, 1.82) is 0 Å². The molecule has 0 aliphatic carbocycles. The molecule has 11 rings (SSSR count). The minimum atomic E-state index is 1.24. The Morgan fingerprint density at radius 2 is 0.712 bits per heavy atom. The fourth-order valence-corrected chi connectivity index (χ4v) is 8.95. The number of fused-ring (bicyclic) bond motifs is 8. The van der Waals surface area contributed by atoms with Crippen LogP contribution in [0.4, 0.5) is 0 Å². The first kappa shape index (κ1) is 29.0. The zero-order valence-corrected chi connectivity index (χ0v) is 28.5. The van der Waals surface area contributed by atoms with Gasteiger partial charge in [-0.1, -0.05) is 176 Å². The Morgan fingerprint density at radius 3 is 1.40 bits per heavy atom. The Kier molecular flexibility index (Phi) is 6.35. The standard InChI is InChI=1S/C52H32/c1-2-15-34-30-38(29-28-33(34)14-1)49-43-23-9-11-25-45(43)51(46-26-12-10-24-44(46)49)47-27-13-18-37-31-35-16-4-6-20-40(35)52(50(37)47)48-32-36-17-3-5-19-39(36)41-21-7-8-22-42(41)48/h1-32H. The summed E-state index contributed by atoms with van der Waals surface area (Å²) in [5, 5.41) is 17.7. The Hall–Kier alpha value is -6.76. The molecule has 0 atom stereocenters. The molecule has 0 saturated heterocycles. The van der Waals surface area contributed by atoms with E-state index in [1.165, 1.54) is 109 Å². The molecule has 0 aliphatic rings. The summed E-state index contributed by atoms with van der Waals surface area (Å²) in [5.74, 6) is 0. The van der Waals surface area contributed by atoms with Crippen LogP contribution < -0.4 is 0 Å². The zero-order chi connectivity index (χ0) is 34.2. The molecule has 0 aromatic heterocycles. The third-order valence-electron chi connectivity index (χ3n) is 11.2. The average Bonchev–Trinajstić information content (AvgIpc) is 3.21. The maximum Gasteiger partial charge on any atom is -0.00141 e. The van der Waals surface area contributed by atoms with E-state index in [4.69, 9.17) is 0 Å². The molecule has 0 bridgehead atoms. The molecule has 52 heavy (non-hydrogen) atoms. The molecule has 0 fully saturated rings. The highest BCUT2D eigenvalue weighted by atomic mass is 14.2. The lowest BCUT2D eigenvalue weighted by atomic mass is 9.81.